The molecule has 92 valence electrons. The van der Waals surface area contributed by atoms with Gasteiger partial charge in [0, 0.05) is 15.1 Å². The lowest BCUT2D eigenvalue weighted by Crippen LogP contribution is -2.12. The zero-order chi connectivity index (χ0) is 13.1. The van der Waals surface area contributed by atoms with Gasteiger partial charge in [-0.15, -0.1) is 0 Å². The van der Waals surface area contributed by atoms with Gasteiger partial charge < -0.3 is 5.32 Å². The summed E-state index contributed by atoms with van der Waals surface area (Å²) in [5, 5.41) is 2.71. The maximum Gasteiger partial charge on any atom is 0.257 e. The summed E-state index contributed by atoms with van der Waals surface area (Å²) in [5.41, 5.74) is 0.918. The third-order valence-electron chi connectivity index (χ3n) is 2.17. The summed E-state index contributed by atoms with van der Waals surface area (Å²) in [6, 6.07) is 7.94. The van der Waals surface area contributed by atoms with Gasteiger partial charge in [-0.1, -0.05) is 15.9 Å². The van der Waals surface area contributed by atoms with E-state index < -0.39 is 5.95 Å². The minimum atomic E-state index is -0.616. The molecule has 0 aliphatic carbocycles. The Hall–Kier alpha value is -1.27. The normalized spacial score (nSPS) is 10.2. The fourth-order valence-electron chi connectivity index (χ4n) is 1.30. The Morgan fingerprint density at radius 1 is 1.22 bits per heavy atom. The van der Waals surface area contributed by atoms with Crippen molar-refractivity contribution in [2.45, 2.75) is 0 Å². The molecule has 0 bridgehead atoms. The predicted molar refractivity (Wildman–Crippen MR) is 74.0 cm³/mol. The molecule has 0 aliphatic heterocycles. The van der Waals surface area contributed by atoms with E-state index in [4.69, 9.17) is 0 Å². The van der Waals surface area contributed by atoms with Gasteiger partial charge >= 0.3 is 0 Å². The van der Waals surface area contributed by atoms with E-state index in [0.29, 0.717) is 11.3 Å². The molecule has 0 radical (unpaired) electrons. The Bertz CT molecular complexity index is 587. The van der Waals surface area contributed by atoms with Crippen LogP contribution in [0.2, 0.25) is 0 Å². The molecule has 0 unspecified atom stereocenters. The molecular formula is C12H7Br2FN2O. The van der Waals surface area contributed by atoms with Gasteiger partial charge in [0.15, 0.2) is 0 Å². The Morgan fingerprint density at radius 3 is 2.67 bits per heavy atom. The molecule has 18 heavy (non-hydrogen) atoms. The molecule has 3 nitrogen and oxygen atoms in total. The highest BCUT2D eigenvalue weighted by Gasteiger charge is 2.09. The lowest BCUT2D eigenvalue weighted by atomic mass is 10.2. The Labute approximate surface area is 120 Å². The van der Waals surface area contributed by atoms with Gasteiger partial charge in [0.25, 0.3) is 5.91 Å². The summed E-state index contributed by atoms with van der Waals surface area (Å²) >= 11 is 6.65. The molecule has 6 heteroatoms. The monoisotopic (exact) mass is 372 g/mol. The van der Waals surface area contributed by atoms with Crippen LogP contribution in [0.3, 0.4) is 0 Å². The van der Waals surface area contributed by atoms with Crippen LogP contribution in [0.1, 0.15) is 10.4 Å². The standard InChI is InChI=1S/C12H7Br2FN2O/c13-8-2-3-9(14)10(5-8)17-12(18)7-1-4-11(15)16-6-7/h1-6H,(H,17,18). The Morgan fingerprint density at radius 2 is 2.00 bits per heavy atom. The largest absolute Gasteiger partial charge is 0.321 e. The second kappa shape index (κ2) is 5.58. The number of amides is 1. The lowest BCUT2D eigenvalue weighted by Gasteiger charge is -2.07. The summed E-state index contributed by atoms with van der Waals surface area (Å²) < 4.78 is 14.2. The molecule has 1 N–H and O–H groups in total. The Kier molecular flexibility index (Phi) is 4.08. The lowest BCUT2D eigenvalue weighted by molar-refractivity contribution is 0.102. The summed E-state index contributed by atoms with van der Waals surface area (Å²) in [4.78, 5) is 15.3. The topological polar surface area (TPSA) is 42.0 Å². The highest BCUT2D eigenvalue weighted by atomic mass is 79.9. The molecule has 1 amide bonds. The number of hydrogen-bond donors (Lipinski definition) is 1. The number of aromatic nitrogens is 1. The van der Waals surface area contributed by atoms with Crippen LogP contribution in [-0.2, 0) is 0 Å². The molecule has 0 atom stereocenters. The van der Waals surface area contributed by atoms with E-state index in [0.717, 1.165) is 15.0 Å². The van der Waals surface area contributed by atoms with Crippen LogP contribution in [0, 0.1) is 5.95 Å². The SMILES string of the molecule is O=C(Nc1cc(Br)ccc1Br)c1ccc(F)nc1. The highest BCUT2D eigenvalue weighted by Crippen LogP contribution is 2.26. The van der Waals surface area contributed by atoms with Crippen molar-refractivity contribution in [1.29, 1.82) is 0 Å². The Balaban J connectivity index is 2.21. The maximum atomic E-state index is 12.6. The van der Waals surface area contributed by atoms with E-state index in [1.807, 2.05) is 12.1 Å². The number of nitrogens with zero attached hydrogens (tertiary/aromatic N) is 1. The smallest absolute Gasteiger partial charge is 0.257 e. The first kappa shape index (κ1) is 13.2. The van der Waals surface area contributed by atoms with Crippen molar-refractivity contribution in [3.05, 3.63) is 57.0 Å². The zero-order valence-electron chi connectivity index (χ0n) is 8.95. The number of hydrogen-bond acceptors (Lipinski definition) is 2. The third kappa shape index (κ3) is 3.14. The van der Waals surface area contributed by atoms with Crippen LogP contribution < -0.4 is 5.32 Å². The van der Waals surface area contributed by atoms with Gasteiger partial charge in [-0.2, -0.15) is 4.39 Å². The molecule has 0 saturated heterocycles. The number of rotatable bonds is 2. The number of anilines is 1. The summed E-state index contributed by atoms with van der Waals surface area (Å²) in [5.74, 6) is -0.962. The van der Waals surface area contributed by atoms with Gasteiger partial charge in [-0.05, 0) is 46.3 Å². The number of benzene rings is 1. The molecule has 1 heterocycles. The van der Waals surface area contributed by atoms with Crippen molar-refractivity contribution in [3.63, 3.8) is 0 Å². The number of halogens is 3. The first-order valence-electron chi connectivity index (χ1n) is 4.94. The number of nitrogens with one attached hydrogen (secondary N) is 1. The van der Waals surface area contributed by atoms with E-state index >= 15 is 0 Å². The average molecular weight is 374 g/mol. The van der Waals surface area contributed by atoms with Crippen LogP contribution >= 0.6 is 31.9 Å². The third-order valence-corrected chi connectivity index (χ3v) is 3.35. The van der Waals surface area contributed by atoms with E-state index in [1.54, 1.807) is 6.07 Å². The van der Waals surface area contributed by atoms with Crippen molar-refractivity contribution < 1.29 is 9.18 Å². The number of carbonyl (C=O) groups excluding carboxylic acids is 1. The molecule has 1 aromatic heterocycles. The summed E-state index contributed by atoms with van der Waals surface area (Å²) in [6.07, 6.45) is 1.19. The fourth-order valence-corrected chi connectivity index (χ4v) is 2.00. The van der Waals surface area contributed by atoms with Crippen LogP contribution in [0.15, 0.2) is 45.5 Å². The zero-order valence-corrected chi connectivity index (χ0v) is 12.1. The fraction of sp³-hybridized carbons (Fsp3) is 0. The highest BCUT2D eigenvalue weighted by molar-refractivity contribution is 9.11. The van der Waals surface area contributed by atoms with Gasteiger partial charge in [0.2, 0.25) is 5.95 Å². The van der Waals surface area contributed by atoms with Gasteiger partial charge in [-0.25, -0.2) is 4.98 Å². The average Bonchev–Trinajstić information content (AvgIpc) is 2.34. The minimum absolute atomic E-state index is 0.295. The van der Waals surface area contributed by atoms with Gasteiger partial charge in [-0.3, -0.25) is 4.79 Å². The molecule has 0 saturated carbocycles. The molecule has 0 fully saturated rings. The van der Waals surface area contributed by atoms with Crippen LogP contribution in [0.5, 0.6) is 0 Å². The van der Waals surface area contributed by atoms with Crippen molar-refractivity contribution >= 4 is 43.5 Å². The van der Waals surface area contributed by atoms with Crippen LogP contribution in [0.25, 0.3) is 0 Å². The first-order chi connectivity index (χ1) is 8.56. The molecule has 1 aromatic carbocycles. The van der Waals surface area contributed by atoms with Crippen molar-refractivity contribution in [1.82, 2.24) is 4.98 Å². The quantitative estimate of drug-likeness (QED) is 0.808. The molecule has 2 aromatic rings. The van der Waals surface area contributed by atoms with E-state index in [2.05, 4.69) is 42.2 Å². The van der Waals surface area contributed by atoms with Crippen molar-refractivity contribution in [2.75, 3.05) is 5.32 Å². The van der Waals surface area contributed by atoms with E-state index in [9.17, 15) is 9.18 Å². The number of carbonyl (C=O) groups is 1. The van der Waals surface area contributed by atoms with Crippen molar-refractivity contribution in [2.24, 2.45) is 0 Å². The van der Waals surface area contributed by atoms with E-state index in [-0.39, 0.29) is 5.91 Å². The second-order valence-electron chi connectivity index (χ2n) is 3.45. The molecule has 0 spiro atoms. The predicted octanol–water partition coefficient (Wildman–Crippen LogP) is 4.00. The van der Waals surface area contributed by atoms with Crippen LogP contribution in [-0.4, -0.2) is 10.9 Å². The minimum Gasteiger partial charge on any atom is -0.321 e. The van der Waals surface area contributed by atoms with Crippen LogP contribution in [0.4, 0.5) is 10.1 Å². The number of pyridine rings is 1. The van der Waals surface area contributed by atoms with Crippen molar-refractivity contribution in [3.8, 4) is 0 Å². The molecule has 0 aliphatic rings. The van der Waals surface area contributed by atoms with Gasteiger partial charge in [0.05, 0.1) is 11.3 Å². The summed E-state index contributed by atoms with van der Waals surface area (Å²) in [7, 11) is 0. The maximum absolute atomic E-state index is 12.6. The van der Waals surface area contributed by atoms with Gasteiger partial charge in [0.1, 0.15) is 0 Å². The second-order valence-corrected chi connectivity index (χ2v) is 5.22. The first-order valence-corrected chi connectivity index (χ1v) is 6.53. The molecular weight excluding hydrogens is 367 g/mol. The molecule has 2 rings (SSSR count). The van der Waals surface area contributed by atoms with E-state index in [1.165, 1.54) is 12.3 Å². The summed E-state index contributed by atoms with van der Waals surface area (Å²) in [6.45, 7) is 0.